The fraction of sp³-hybridized carbons (Fsp3) is 0.545. The number of rotatable bonds is 4. The van der Waals surface area contributed by atoms with E-state index in [1.54, 1.807) is 31.1 Å². The zero-order valence-electron chi connectivity index (χ0n) is 11.1. The molecule has 0 aliphatic heterocycles. The van der Waals surface area contributed by atoms with E-state index in [9.17, 15) is 4.79 Å². The van der Waals surface area contributed by atoms with Gasteiger partial charge < -0.3 is 9.80 Å². The van der Waals surface area contributed by atoms with Gasteiger partial charge in [-0.2, -0.15) is 0 Å². The lowest BCUT2D eigenvalue weighted by molar-refractivity contribution is 0.222. The van der Waals surface area contributed by atoms with Gasteiger partial charge in [-0.25, -0.2) is 4.79 Å². The Bertz CT molecular complexity index is 393. The average molecular weight is 272 g/mol. The lowest BCUT2D eigenvalue weighted by atomic mass is 10.4. The van der Waals surface area contributed by atoms with Gasteiger partial charge >= 0.3 is 6.03 Å². The highest BCUT2D eigenvalue weighted by atomic mass is 35.5. The Morgan fingerprint density at radius 3 is 2.28 bits per heavy atom. The van der Waals surface area contributed by atoms with Gasteiger partial charge in [0.05, 0.1) is 0 Å². The molecule has 18 heavy (non-hydrogen) atoms. The molecule has 1 rings (SSSR count). The number of hydrogen-bond donors (Lipinski definition) is 0. The molecule has 0 aromatic carbocycles. The number of anilines is 1. The average Bonchev–Trinajstić information content (AvgIpc) is 2.30. The quantitative estimate of drug-likeness (QED) is 0.825. The molecule has 0 fully saturated rings. The molecule has 2 amide bonds. The number of likely N-dealkylation sites (N-methyl/N-ethyl adjacent to an activating group) is 1. The van der Waals surface area contributed by atoms with Gasteiger partial charge in [0.1, 0.15) is 0 Å². The number of amides is 2. The summed E-state index contributed by atoms with van der Waals surface area (Å²) in [5.41, 5.74) is 0. The summed E-state index contributed by atoms with van der Waals surface area (Å²) in [5.74, 6) is 0.500. The molecular formula is C11H18ClN5O. The molecule has 0 unspecified atom stereocenters. The van der Waals surface area contributed by atoms with Gasteiger partial charge in [0.15, 0.2) is 11.0 Å². The third kappa shape index (κ3) is 4.12. The highest BCUT2D eigenvalue weighted by molar-refractivity contribution is 6.29. The molecule has 0 aliphatic rings. The number of hydrogen-bond acceptors (Lipinski definition) is 4. The van der Waals surface area contributed by atoms with Gasteiger partial charge in [-0.3, -0.25) is 4.90 Å². The van der Waals surface area contributed by atoms with Gasteiger partial charge in [-0.15, -0.1) is 10.2 Å². The molecular weight excluding hydrogens is 254 g/mol. The van der Waals surface area contributed by atoms with Crippen molar-refractivity contribution in [1.82, 2.24) is 20.0 Å². The maximum absolute atomic E-state index is 12.1. The second-order valence-corrected chi connectivity index (χ2v) is 4.73. The first kappa shape index (κ1) is 14.7. The topological polar surface area (TPSA) is 52.6 Å². The van der Waals surface area contributed by atoms with Crippen LogP contribution in [-0.2, 0) is 0 Å². The van der Waals surface area contributed by atoms with E-state index in [-0.39, 0.29) is 6.03 Å². The van der Waals surface area contributed by atoms with E-state index in [0.717, 1.165) is 6.54 Å². The Kier molecular flexibility index (Phi) is 5.30. The second-order valence-electron chi connectivity index (χ2n) is 4.35. The summed E-state index contributed by atoms with van der Waals surface area (Å²) in [6.07, 6.45) is 0. The number of nitrogens with zero attached hydrogens (tertiary/aromatic N) is 5. The smallest absolute Gasteiger partial charge is 0.325 e. The zero-order chi connectivity index (χ0) is 13.7. The van der Waals surface area contributed by atoms with E-state index < -0.39 is 0 Å². The molecule has 1 heterocycles. The minimum atomic E-state index is -0.131. The van der Waals surface area contributed by atoms with Crippen LogP contribution in [0.4, 0.5) is 10.6 Å². The van der Waals surface area contributed by atoms with Crippen molar-refractivity contribution in [3.63, 3.8) is 0 Å². The molecule has 0 saturated carbocycles. The van der Waals surface area contributed by atoms with Crippen molar-refractivity contribution in [3.05, 3.63) is 17.3 Å². The van der Waals surface area contributed by atoms with Crippen LogP contribution < -0.4 is 4.90 Å². The van der Waals surface area contributed by atoms with Crippen molar-refractivity contribution >= 4 is 23.4 Å². The number of urea groups is 1. The summed E-state index contributed by atoms with van der Waals surface area (Å²) in [7, 11) is 7.31. The fourth-order valence-corrected chi connectivity index (χ4v) is 1.40. The van der Waals surface area contributed by atoms with Gasteiger partial charge in [-0.05, 0) is 26.2 Å². The Morgan fingerprint density at radius 1 is 1.17 bits per heavy atom. The molecule has 0 atom stereocenters. The summed E-state index contributed by atoms with van der Waals surface area (Å²) in [4.78, 5) is 17.2. The maximum atomic E-state index is 12.1. The highest BCUT2D eigenvalue weighted by Crippen LogP contribution is 2.13. The first-order chi connectivity index (χ1) is 8.41. The van der Waals surface area contributed by atoms with E-state index in [4.69, 9.17) is 11.6 Å². The Hall–Kier alpha value is -1.40. The molecule has 1 aromatic heterocycles. The molecule has 7 heteroatoms. The normalized spacial score (nSPS) is 10.6. The highest BCUT2D eigenvalue weighted by Gasteiger charge is 2.19. The van der Waals surface area contributed by atoms with Crippen LogP contribution in [0.25, 0.3) is 0 Å². The van der Waals surface area contributed by atoms with Gasteiger partial charge in [0, 0.05) is 27.2 Å². The Morgan fingerprint density at radius 2 is 1.83 bits per heavy atom. The fourth-order valence-electron chi connectivity index (χ4n) is 1.30. The van der Waals surface area contributed by atoms with Crippen molar-refractivity contribution in [2.24, 2.45) is 0 Å². The molecule has 0 radical (unpaired) electrons. The first-order valence-electron chi connectivity index (χ1n) is 5.54. The van der Waals surface area contributed by atoms with Crippen LogP contribution in [0, 0.1) is 0 Å². The number of halogens is 1. The standard InChI is InChI=1S/C11H18ClN5O/c1-15(2)7-8-17(11(18)16(3)4)10-6-5-9(12)13-14-10/h5-6H,7-8H2,1-4H3. The van der Waals surface area contributed by atoms with E-state index in [0.29, 0.717) is 17.5 Å². The number of carbonyl (C=O) groups excluding carboxylic acids is 1. The van der Waals surface area contributed by atoms with Gasteiger partial charge in [0.2, 0.25) is 0 Å². The maximum Gasteiger partial charge on any atom is 0.325 e. The summed E-state index contributed by atoms with van der Waals surface area (Å²) in [6, 6.07) is 3.18. The molecule has 0 N–H and O–H groups in total. The lowest BCUT2D eigenvalue weighted by Crippen LogP contribution is -2.43. The van der Waals surface area contributed by atoms with Crippen molar-refractivity contribution in [1.29, 1.82) is 0 Å². The van der Waals surface area contributed by atoms with Crippen LogP contribution in [0.2, 0.25) is 5.15 Å². The second kappa shape index (κ2) is 6.51. The van der Waals surface area contributed by atoms with Gasteiger partial charge in [-0.1, -0.05) is 11.6 Å². The largest absolute Gasteiger partial charge is 0.330 e. The Labute approximate surface area is 112 Å². The minimum Gasteiger partial charge on any atom is -0.330 e. The minimum absolute atomic E-state index is 0.131. The molecule has 0 saturated heterocycles. The molecule has 0 bridgehead atoms. The van der Waals surface area contributed by atoms with Crippen molar-refractivity contribution in [2.75, 3.05) is 46.2 Å². The van der Waals surface area contributed by atoms with Gasteiger partial charge in [0.25, 0.3) is 0 Å². The monoisotopic (exact) mass is 271 g/mol. The summed E-state index contributed by atoms with van der Waals surface area (Å²) < 4.78 is 0. The Balaban J connectivity index is 2.89. The predicted molar refractivity (Wildman–Crippen MR) is 72.0 cm³/mol. The zero-order valence-corrected chi connectivity index (χ0v) is 11.8. The van der Waals surface area contributed by atoms with Crippen LogP contribution >= 0.6 is 11.6 Å². The summed E-state index contributed by atoms with van der Waals surface area (Å²) in [6.45, 7) is 1.28. The van der Waals surface area contributed by atoms with Crippen LogP contribution in [0.5, 0.6) is 0 Å². The predicted octanol–water partition coefficient (Wildman–Crippen LogP) is 1.18. The van der Waals surface area contributed by atoms with Crippen LogP contribution in [0.15, 0.2) is 12.1 Å². The molecule has 0 spiro atoms. The number of aromatic nitrogens is 2. The van der Waals surface area contributed by atoms with Crippen molar-refractivity contribution < 1.29 is 4.79 Å². The molecule has 100 valence electrons. The third-order valence-electron chi connectivity index (χ3n) is 2.28. The number of carbonyl (C=O) groups is 1. The van der Waals surface area contributed by atoms with E-state index in [1.807, 2.05) is 19.0 Å². The molecule has 1 aromatic rings. The van der Waals surface area contributed by atoms with Crippen LogP contribution in [0.3, 0.4) is 0 Å². The summed E-state index contributed by atoms with van der Waals surface area (Å²) >= 11 is 5.69. The van der Waals surface area contributed by atoms with E-state index >= 15 is 0 Å². The summed E-state index contributed by atoms with van der Waals surface area (Å²) in [5, 5.41) is 8.01. The third-order valence-corrected chi connectivity index (χ3v) is 2.48. The van der Waals surface area contributed by atoms with Crippen molar-refractivity contribution in [2.45, 2.75) is 0 Å². The van der Waals surface area contributed by atoms with E-state index in [1.165, 1.54) is 4.90 Å². The van der Waals surface area contributed by atoms with E-state index in [2.05, 4.69) is 10.2 Å². The SMILES string of the molecule is CN(C)CCN(C(=O)N(C)C)c1ccc(Cl)nn1. The molecule has 0 aliphatic carbocycles. The van der Waals surface area contributed by atoms with Crippen LogP contribution in [-0.4, -0.2) is 67.3 Å². The molecule has 6 nitrogen and oxygen atoms in total. The lowest BCUT2D eigenvalue weighted by Gasteiger charge is -2.26. The first-order valence-corrected chi connectivity index (χ1v) is 5.92. The van der Waals surface area contributed by atoms with Crippen molar-refractivity contribution in [3.8, 4) is 0 Å². The van der Waals surface area contributed by atoms with Crippen LogP contribution in [0.1, 0.15) is 0 Å².